The molecule has 30 heavy (non-hydrogen) atoms. The highest BCUT2D eigenvalue weighted by atomic mass is 16.4. The number of nitrogens with zero attached hydrogens (tertiary/aromatic N) is 2. The molecule has 0 saturated carbocycles. The van der Waals surface area contributed by atoms with Gasteiger partial charge in [-0.1, -0.05) is 32.9 Å². The van der Waals surface area contributed by atoms with Crippen molar-refractivity contribution in [2.45, 2.75) is 51.5 Å². The van der Waals surface area contributed by atoms with Crippen molar-refractivity contribution in [1.82, 2.24) is 4.90 Å². The van der Waals surface area contributed by atoms with Crippen molar-refractivity contribution in [3.8, 4) is 0 Å². The highest BCUT2D eigenvalue weighted by Crippen LogP contribution is 2.56. The number of aromatic carboxylic acids is 1. The molecule has 5 rings (SSSR count). The van der Waals surface area contributed by atoms with E-state index in [1.54, 1.807) is 6.07 Å². The van der Waals surface area contributed by atoms with Crippen LogP contribution in [0.2, 0.25) is 0 Å². The van der Waals surface area contributed by atoms with E-state index in [0.29, 0.717) is 24.1 Å². The number of hydrogen-bond acceptors (Lipinski definition) is 3. The lowest BCUT2D eigenvalue weighted by Crippen LogP contribution is -2.65. The normalized spacial score (nSPS) is 25.6. The van der Waals surface area contributed by atoms with Crippen molar-refractivity contribution in [3.05, 3.63) is 64.2 Å². The van der Waals surface area contributed by atoms with E-state index in [-0.39, 0.29) is 22.8 Å². The molecule has 0 radical (unpaired) electrons. The molecular formula is C25H26N2O3. The van der Waals surface area contributed by atoms with Gasteiger partial charge in [-0.2, -0.15) is 0 Å². The van der Waals surface area contributed by atoms with Crippen molar-refractivity contribution in [2.75, 3.05) is 6.54 Å². The number of benzene rings is 2. The van der Waals surface area contributed by atoms with Crippen LogP contribution in [-0.2, 0) is 18.3 Å². The highest BCUT2D eigenvalue weighted by molar-refractivity contribution is 5.96. The van der Waals surface area contributed by atoms with E-state index in [4.69, 9.17) is 0 Å². The van der Waals surface area contributed by atoms with Gasteiger partial charge in [-0.25, -0.2) is 4.79 Å². The molecule has 2 aliphatic heterocycles. The third kappa shape index (κ3) is 2.44. The number of rotatable bonds is 2. The first-order valence-electron chi connectivity index (χ1n) is 10.6. The highest BCUT2D eigenvalue weighted by Gasteiger charge is 2.57. The molecule has 2 heterocycles. The Labute approximate surface area is 176 Å². The van der Waals surface area contributed by atoms with Crippen LogP contribution in [0, 0.1) is 5.41 Å². The van der Waals surface area contributed by atoms with Crippen LogP contribution in [0.25, 0.3) is 0 Å². The van der Waals surface area contributed by atoms with Gasteiger partial charge in [0.2, 0.25) is 0 Å². The van der Waals surface area contributed by atoms with Gasteiger partial charge in [-0.15, -0.1) is 0 Å². The summed E-state index contributed by atoms with van der Waals surface area (Å²) in [4.78, 5) is 31.8. The minimum absolute atomic E-state index is 0.0288. The molecule has 0 aromatic heterocycles. The average molecular weight is 402 g/mol. The van der Waals surface area contributed by atoms with Gasteiger partial charge < -0.3 is 10.0 Å². The molecule has 154 valence electrons. The number of piperidine rings is 1. The fourth-order valence-electron chi connectivity index (χ4n) is 5.80. The van der Waals surface area contributed by atoms with Gasteiger partial charge in [-0.3, -0.25) is 9.79 Å². The quantitative estimate of drug-likeness (QED) is 0.809. The fraction of sp³-hybridized carbons (Fsp3) is 0.400. The standard InChI is InChI=1S/C25H26N2O3/c1-24(2)21-14-18-17(23(29)30)5-4-6-19(18)25(24,3)10-12-27(21)22(28)16-7-8-20-15(13-16)9-11-26-20/h4-8,11,13,21H,9-10,12,14H2,1-3H3,(H,29,30)/t21-,25+/m1/s1. The molecule has 2 aromatic rings. The van der Waals surface area contributed by atoms with Crippen molar-refractivity contribution < 1.29 is 14.7 Å². The van der Waals surface area contributed by atoms with Crippen LogP contribution >= 0.6 is 0 Å². The summed E-state index contributed by atoms with van der Waals surface area (Å²) in [5, 5.41) is 9.77. The second-order valence-electron chi connectivity index (χ2n) is 9.52. The Morgan fingerprint density at radius 1 is 1.17 bits per heavy atom. The lowest BCUT2D eigenvalue weighted by Gasteiger charge is -2.61. The molecule has 2 aromatic carbocycles. The van der Waals surface area contributed by atoms with Crippen LogP contribution in [0.15, 0.2) is 41.4 Å². The number of carboxylic acid groups (broad SMARTS) is 1. The number of likely N-dealkylation sites (tertiary alicyclic amines) is 1. The molecule has 5 nitrogen and oxygen atoms in total. The van der Waals surface area contributed by atoms with E-state index in [1.165, 1.54) is 0 Å². The number of hydrogen-bond donors (Lipinski definition) is 1. The van der Waals surface area contributed by atoms with Crippen molar-refractivity contribution >= 4 is 23.8 Å². The topological polar surface area (TPSA) is 70.0 Å². The van der Waals surface area contributed by atoms with E-state index in [2.05, 4.69) is 31.8 Å². The van der Waals surface area contributed by atoms with Crippen LogP contribution in [-0.4, -0.2) is 40.7 Å². The lowest BCUT2D eigenvalue weighted by molar-refractivity contribution is -0.0263. The number of carboxylic acids is 1. The van der Waals surface area contributed by atoms with E-state index < -0.39 is 5.97 Å². The first kappa shape index (κ1) is 19.0. The maximum absolute atomic E-state index is 13.6. The van der Waals surface area contributed by atoms with E-state index in [0.717, 1.165) is 35.2 Å². The molecule has 3 aliphatic rings. The van der Waals surface area contributed by atoms with E-state index >= 15 is 0 Å². The third-order valence-electron chi connectivity index (χ3n) is 8.01. The Kier molecular flexibility index (Phi) is 3.98. The summed E-state index contributed by atoms with van der Waals surface area (Å²) in [6, 6.07) is 11.3. The number of carbonyl (C=O) groups excluding carboxylic acids is 1. The largest absolute Gasteiger partial charge is 0.478 e. The molecule has 1 amide bonds. The Balaban J connectivity index is 1.58. The SMILES string of the molecule is CC1(C)[C@H]2Cc3c(C(=O)O)cccc3[C@]1(C)CCN2C(=O)c1ccc2c(c1)CC=N2. The molecule has 2 bridgehead atoms. The summed E-state index contributed by atoms with van der Waals surface area (Å²) in [7, 11) is 0. The maximum atomic E-state index is 13.6. The Bertz CT molecular complexity index is 1120. The second kappa shape index (κ2) is 6.27. The predicted molar refractivity (Wildman–Crippen MR) is 116 cm³/mol. The second-order valence-corrected chi connectivity index (χ2v) is 9.52. The minimum atomic E-state index is -0.898. The number of carbonyl (C=O) groups is 2. The zero-order chi connectivity index (χ0) is 21.3. The van der Waals surface area contributed by atoms with E-state index in [1.807, 2.05) is 35.4 Å². The number of amides is 1. The summed E-state index contributed by atoms with van der Waals surface area (Å²) in [6.45, 7) is 7.36. The summed E-state index contributed by atoms with van der Waals surface area (Å²) >= 11 is 0. The maximum Gasteiger partial charge on any atom is 0.335 e. The minimum Gasteiger partial charge on any atom is -0.478 e. The lowest BCUT2D eigenvalue weighted by atomic mass is 9.50. The van der Waals surface area contributed by atoms with Crippen LogP contribution < -0.4 is 0 Å². The first-order valence-corrected chi connectivity index (χ1v) is 10.6. The average Bonchev–Trinajstić information content (AvgIpc) is 3.17. The van der Waals surface area contributed by atoms with Crippen molar-refractivity contribution in [3.63, 3.8) is 0 Å². The van der Waals surface area contributed by atoms with Gasteiger partial charge in [0.15, 0.2) is 0 Å². The Hall–Kier alpha value is -2.95. The summed E-state index contributed by atoms with van der Waals surface area (Å²) in [5.41, 5.74) is 4.74. The Morgan fingerprint density at radius 2 is 1.97 bits per heavy atom. The van der Waals surface area contributed by atoms with Gasteiger partial charge in [0, 0.05) is 36.2 Å². The molecule has 2 atom stereocenters. The number of fused-ring (bicyclic) bond motifs is 5. The zero-order valence-electron chi connectivity index (χ0n) is 17.6. The van der Waals surface area contributed by atoms with Crippen LogP contribution in [0.5, 0.6) is 0 Å². The van der Waals surface area contributed by atoms with Gasteiger partial charge >= 0.3 is 5.97 Å². The van der Waals surface area contributed by atoms with Gasteiger partial charge in [0.25, 0.3) is 5.91 Å². The van der Waals surface area contributed by atoms with Crippen molar-refractivity contribution in [1.29, 1.82) is 0 Å². The molecule has 5 heteroatoms. The molecule has 0 spiro atoms. The monoisotopic (exact) mass is 402 g/mol. The van der Waals surface area contributed by atoms with Gasteiger partial charge in [0.1, 0.15) is 0 Å². The van der Waals surface area contributed by atoms with Gasteiger partial charge in [0.05, 0.1) is 11.3 Å². The summed E-state index contributed by atoms with van der Waals surface area (Å²) in [5.74, 6) is -0.870. The third-order valence-corrected chi connectivity index (χ3v) is 8.01. The molecule has 0 unspecified atom stereocenters. The molecule has 1 aliphatic carbocycles. The molecular weight excluding hydrogens is 376 g/mol. The summed E-state index contributed by atoms with van der Waals surface area (Å²) in [6.07, 6.45) is 4.02. The summed E-state index contributed by atoms with van der Waals surface area (Å²) < 4.78 is 0. The smallest absolute Gasteiger partial charge is 0.335 e. The van der Waals surface area contributed by atoms with Crippen LogP contribution in [0.3, 0.4) is 0 Å². The van der Waals surface area contributed by atoms with Crippen LogP contribution in [0.1, 0.15) is 64.6 Å². The number of aliphatic imine (C=N–C) groups is 1. The zero-order valence-corrected chi connectivity index (χ0v) is 17.6. The first-order chi connectivity index (χ1) is 14.2. The molecule has 1 saturated heterocycles. The van der Waals surface area contributed by atoms with E-state index in [9.17, 15) is 14.7 Å². The van der Waals surface area contributed by atoms with Crippen LogP contribution in [0.4, 0.5) is 5.69 Å². The Morgan fingerprint density at radius 3 is 2.73 bits per heavy atom. The fourth-order valence-corrected chi connectivity index (χ4v) is 5.80. The molecule has 1 fully saturated rings. The molecule has 1 N–H and O–H groups in total. The predicted octanol–water partition coefficient (Wildman–Crippen LogP) is 4.40. The van der Waals surface area contributed by atoms with Gasteiger partial charge in [-0.05, 0) is 59.2 Å². The van der Waals surface area contributed by atoms with Crippen molar-refractivity contribution in [2.24, 2.45) is 10.4 Å².